The minimum atomic E-state index is 0.289. The molecule has 1 aromatic heterocycles. The monoisotopic (exact) mass is 244 g/mol. The zero-order valence-corrected chi connectivity index (χ0v) is 10.8. The number of ketones is 1. The first-order chi connectivity index (χ1) is 8.28. The van der Waals surface area contributed by atoms with Gasteiger partial charge in [0.05, 0.1) is 0 Å². The number of aryl methyl sites for hydroxylation is 1. The molecule has 0 fully saturated rings. The predicted molar refractivity (Wildman–Crippen MR) is 72.6 cm³/mol. The number of carbonyl (C=O) groups excluding carboxylic acids is 1. The smallest absolute Gasteiger partial charge is 0.142 e. The van der Waals surface area contributed by atoms with E-state index in [-0.39, 0.29) is 5.78 Å². The van der Waals surface area contributed by atoms with Crippen LogP contribution < -0.4 is 0 Å². The molecule has 1 nitrogen and oxygen atoms in total. The molecule has 0 saturated heterocycles. The number of rotatable bonds is 5. The van der Waals surface area contributed by atoms with Crippen LogP contribution in [0.4, 0.5) is 0 Å². The Morgan fingerprint density at radius 1 is 1.06 bits per heavy atom. The quantitative estimate of drug-likeness (QED) is 0.784. The summed E-state index contributed by atoms with van der Waals surface area (Å²) in [5.74, 6) is 0.289. The van der Waals surface area contributed by atoms with Gasteiger partial charge in [0.2, 0.25) is 0 Å². The fourth-order valence-corrected chi connectivity index (χ4v) is 2.52. The van der Waals surface area contributed by atoms with Crippen molar-refractivity contribution in [2.45, 2.75) is 26.2 Å². The van der Waals surface area contributed by atoms with Crippen LogP contribution in [0.2, 0.25) is 0 Å². The van der Waals surface area contributed by atoms with Gasteiger partial charge >= 0.3 is 0 Å². The summed E-state index contributed by atoms with van der Waals surface area (Å²) >= 11 is 1.65. The number of hydrogen-bond acceptors (Lipinski definition) is 2. The van der Waals surface area contributed by atoms with Crippen LogP contribution in [-0.4, -0.2) is 5.78 Å². The second-order valence-corrected chi connectivity index (χ2v) is 5.17. The maximum atomic E-state index is 11.8. The molecule has 0 N–H and O–H groups in total. The number of carbonyl (C=O) groups is 1. The molecule has 1 aromatic carbocycles. The number of hydrogen-bond donors (Lipinski definition) is 0. The van der Waals surface area contributed by atoms with Crippen molar-refractivity contribution in [1.82, 2.24) is 0 Å². The Balaban J connectivity index is 1.93. The first-order valence-corrected chi connectivity index (χ1v) is 6.78. The van der Waals surface area contributed by atoms with Crippen molar-refractivity contribution in [3.8, 4) is 0 Å². The number of Topliss-reactive ketones (excluding diaryl/α,β-unsaturated/α-hetero) is 1. The van der Waals surface area contributed by atoms with Gasteiger partial charge in [-0.2, -0.15) is 0 Å². The van der Waals surface area contributed by atoms with Crippen LogP contribution in [0.25, 0.3) is 0 Å². The van der Waals surface area contributed by atoms with Gasteiger partial charge in [0, 0.05) is 17.7 Å². The van der Waals surface area contributed by atoms with E-state index in [1.165, 1.54) is 5.56 Å². The molecule has 0 aliphatic heterocycles. The summed E-state index contributed by atoms with van der Waals surface area (Å²) in [5, 5.41) is 2.01. The summed E-state index contributed by atoms with van der Waals surface area (Å²) in [5.41, 5.74) is 2.43. The molecule has 0 bridgehead atoms. The second kappa shape index (κ2) is 5.78. The van der Waals surface area contributed by atoms with Crippen LogP contribution in [0.3, 0.4) is 0 Å². The predicted octanol–water partition coefficient (Wildman–Crippen LogP) is 3.66. The molecule has 0 aliphatic carbocycles. The van der Waals surface area contributed by atoms with Crippen LogP contribution in [0.1, 0.15) is 22.9 Å². The van der Waals surface area contributed by atoms with E-state index in [1.807, 2.05) is 17.5 Å². The minimum Gasteiger partial charge on any atom is -0.299 e. The molecule has 0 radical (unpaired) electrons. The van der Waals surface area contributed by atoms with Crippen molar-refractivity contribution in [2.24, 2.45) is 0 Å². The van der Waals surface area contributed by atoms with E-state index >= 15 is 0 Å². The standard InChI is InChI=1S/C15H16OS/c1-2-12-5-7-13(8-6-12)10-14(16)11-15-4-3-9-17-15/h3-9H,2,10-11H2,1H3. The Morgan fingerprint density at radius 2 is 1.76 bits per heavy atom. The van der Waals surface area contributed by atoms with E-state index in [9.17, 15) is 4.79 Å². The van der Waals surface area contributed by atoms with Gasteiger partial charge < -0.3 is 0 Å². The molecular formula is C15H16OS. The molecule has 88 valence electrons. The molecule has 17 heavy (non-hydrogen) atoms. The van der Waals surface area contributed by atoms with Crippen LogP contribution in [0, 0.1) is 0 Å². The molecule has 0 aliphatic rings. The summed E-state index contributed by atoms with van der Waals surface area (Å²) in [7, 11) is 0. The second-order valence-electron chi connectivity index (χ2n) is 4.14. The fourth-order valence-electron chi connectivity index (χ4n) is 1.79. The molecule has 0 spiro atoms. The Kier molecular flexibility index (Phi) is 4.10. The van der Waals surface area contributed by atoms with Crippen LogP contribution in [0.15, 0.2) is 41.8 Å². The van der Waals surface area contributed by atoms with Gasteiger partial charge in [-0.25, -0.2) is 0 Å². The lowest BCUT2D eigenvalue weighted by Gasteiger charge is -2.02. The average molecular weight is 244 g/mol. The molecule has 0 saturated carbocycles. The van der Waals surface area contributed by atoms with Crippen molar-refractivity contribution in [3.05, 3.63) is 57.8 Å². The summed E-state index contributed by atoms with van der Waals surface area (Å²) in [4.78, 5) is 13.0. The van der Waals surface area contributed by atoms with E-state index in [4.69, 9.17) is 0 Å². The van der Waals surface area contributed by atoms with Gasteiger partial charge in [-0.1, -0.05) is 37.3 Å². The Labute approximate surface area is 106 Å². The highest BCUT2D eigenvalue weighted by atomic mass is 32.1. The molecule has 0 amide bonds. The molecule has 0 atom stereocenters. The van der Waals surface area contributed by atoms with Crippen LogP contribution in [0.5, 0.6) is 0 Å². The Bertz CT molecular complexity index is 468. The third kappa shape index (κ3) is 3.53. The first-order valence-electron chi connectivity index (χ1n) is 5.90. The van der Waals surface area contributed by atoms with Crippen molar-refractivity contribution >= 4 is 17.1 Å². The third-order valence-electron chi connectivity index (χ3n) is 2.78. The summed E-state index contributed by atoms with van der Waals surface area (Å²) in [6.45, 7) is 2.14. The molecule has 2 heteroatoms. The third-order valence-corrected chi connectivity index (χ3v) is 3.66. The largest absolute Gasteiger partial charge is 0.299 e. The van der Waals surface area contributed by atoms with Crippen molar-refractivity contribution in [2.75, 3.05) is 0 Å². The fraction of sp³-hybridized carbons (Fsp3) is 0.267. The lowest BCUT2D eigenvalue weighted by Crippen LogP contribution is -2.05. The number of thiophene rings is 1. The SMILES string of the molecule is CCc1ccc(CC(=O)Cc2cccs2)cc1. The summed E-state index contributed by atoms with van der Waals surface area (Å²) in [6.07, 6.45) is 2.15. The van der Waals surface area contributed by atoms with Gasteiger partial charge in [-0.05, 0) is 29.0 Å². The Hall–Kier alpha value is -1.41. The summed E-state index contributed by atoms with van der Waals surface area (Å²) in [6, 6.07) is 12.3. The lowest BCUT2D eigenvalue weighted by molar-refractivity contribution is -0.117. The molecular weight excluding hydrogens is 228 g/mol. The van der Waals surface area contributed by atoms with Crippen LogP contribution >= 0.6 is 11.3 Å². The normalized spacial score (nSPS) is 10.4. The zero-order chi connectivity index (χ0) is 12.1. The highest BCUT2D eigenvalue weighted by Crippen LogP contribution is 2.12. The minimum absolute atomic E-state index is 0.289. The molecule has 1 heterocycles. The maximum Gasteiger partial charge on any atom is 0.142 e. The number of benzene rings is 1. The molecule has 0 unspecified atom stereocenters. The van der Waals surface area contributed by atoms with E-state index in [0.717, 1.165) is 16.9 Å². The summed E-state index contributed by atoms with van der Waals surface area (Å²) < 4.78 is 0. The van der Waals surface area contributed by atoms with Crippen molar-refractivity contribution < 1.29 is 4.79 Å². The van der Waals surface area contributed by atoms with Gasteiger partial charge in [-0.15, -0.1) is 11.3 Å². The van der Waals surface area contributed by atoms with E-state index < -0.39 is 0 Å². The van der Waals surface area contributed by atoms with Gasteiger partial charge in [0.25, 0.3) is 0 Å². The maximum absolute atomic E-state index is 11.8. The lowest BCUT2D eigenvalue weighted by atomic mass is 10.0. The highest BCUT2D eigenvalue weighted by Gasteiger charge is 2.05. The van der Waals surface area contributed by atoms with Crippen LogP contribution in [-0.2, 0) is 24.1 Å². The topological polar surface area (TPSA) is 17.1 Å². The van der Waals surface area contributed by atoms with E-state index in [1.54, 1.807) is 11.3 Å². The van der Waals surface area contributed by atoms with Gasteiger partial charge in [0.1, 0.15) is 5.78 Å². The zero-order valence-electron chi connectivity index (χ0n) is 9.98. The van der Waals surface area contributed by atoms with Crippen molar-refractivity contribution in [1.29, 1.82) is 0 Å². The molecule has 2 rings (SSSR count). The van der Waals surface area contributed by atoms with E-state index in [0.29, 0.717) is 12.8 Å². The van der Waals surface area contributed by atoms with Crippen molar-refractivity contribution in [3.63, 3.8) is 0 Å². The van der Waals surface area contributed by atoms with Gasteiger partial charge in [0.15, 0.2) is 0 Å². The first kappa shape index (κ1) is 12.1. The van der Waals surface area contributed by atoms with E-state index in [2.05, 4.69) is 31.2 Å². The Morgan fingerprint density at radius 3 is 2.35 bits per heavy atom. The molecule has 2 aromatic rings. The highest BCUT2D eigenvalue weighted by molar-refractivity contribution is 7.10. The average Bonchev–Trinajstić information content (AvgIpc) is 2.82. The van der Waals surface area contributed by atoms with Gasteiger partial charge in [-0.3, -0.25) is 4.79 Å².